The molecule has 0 aromatic heterocycles. The zero-order valence-electron chi connectivity index (χ0n) is 17.6. The Balaban J connectivity index is 1.92. The lowest BCUT2D eigenvalue weighted by Gasteiger charge is -2.48. The summed E-state index contributed by atoms with van der Waals surface area (Å²) < 4.78 is 9.44. The van der Waals surface area contributed by atoms with Crippen molar-refractivity contribution in [3.8, 4) is 0 Å². The predicted molar refractivity (Wildman–Crippen MR) is 125 cm³/mol. The van der Waals surface area contributed by atoms with Crippen LogP contribution in [-0.4, -0.2) is 17.5 Å². The van der Waals surface area contributed by atoms with E-state index in [0.717, 1.165) is 35.0 Å². The monoisotopic (exact) mass is 400 g/mol. The maximum absolute atomic E-state index is 6.83. The quantitative estimate of drug-likeness (QED) is 0.272. The van der Waals surface area contributed by atoms with Crippen molar-refractivity contribution in [1.29, 1.82) is 0 Å². The van der Waals surface area contributed by atoms with E-state index in [1.165, 1.54) is 11.1 Å². The van der Waals surface area contributed by atoms with Gasteiger partial charge in [-0.25, -0.2) is 0 Å². The second kappa shape index (κ2) is 10.5. The number of hydrogen-bond donors (Lipinski definition) is 0. The van der Waals surface area contributed by atoms with Crippen LogP contribution in [0.1, 0.15) is 30.5 Å². The Kier molecular flexibility index (Phi) is 7.72. The molecule has 3 rings (SSSR count). The van der Waals surface area contributed by atoms with E-state index in [9.17, 15) is 0 Å². The van der Waals surface area contributed by atoms with Crippen LogP contribution in [0.4, 0.5) is 0 Å². The van der Waals surface area contributed by atoms with Crippen molar-refractivity contribution >= 4 is 19.4 Å². The van der Waals surface area contributed by atoms with Gasteiger partial charge in [-0.1, -0.05) is 111 Å². The Morgan fingerprint density at radius 1 is 0.724 bits per heavy atom. The first-order valence-corrected chi connectivity index (χ1v) is 13.2. The normalized spacial score (nSPS) is 11.4. The molecule has 3 aromatic rings. The number of rotatable bonds is 10. The summed E-state index contributed by atoms with van der Waals surface area (Å²) in [5, 5.41) is 2.07. The molecule has 0 aliphatic heterocycles. The Morgan fingerprint density at radius 2 is 1.14 bits per heavy atom. The topological polar surface area (TPSA) is 12.5 Å². The molecule has 0 aliphatic carbocycles. The average Bonchev–Trinajstić information content (AvgIpc) is 2.79. The average molecular weight is 401 g/mol. The fraction of sp³-hybridized carbons (Fsp3) is 0.231. The predicted octanol–water partition coefficient (Wildman–Crippen LogP) is 6.86. The maximum atomic E-state index is 6.83. The van der Waals surface area contributed by atoms with Gasteiger partial charge >= 0.3 is 13.6 Å². The van der Waals surface area contributed by atoms with Gasteiger partial charge < -0.3 is 7.67 Å². The molecule has 3 heteroatoms. The van der Waals surface area contributed by atoms with Crippen molar-refractivity contribution < 1.29 is 3.79 Å². The number of nitrogens with zero attached hydrogens (tertiary/aromatic N) is 1. The van der Waals surface area contributed by atoms with Crippen LogP contribution in [0.5, 0.6) is 0 Å². The van der Waals surface area contributed by atoms with E-state index in [4.69, 9.17) is 3.79 Å². The molecule has 0 bridgehead atoms. The van der Waals surface area contributed by atoms with Gasteiger partial charge in [0.25, 0.3) is 0 Å². The molecule has 0 saturated carbocycles. The molecule has 0 N–H and O–H groups in total. The summed E-state index contributed by atoms with van der Waals surface area (Å²) in [6.07, 6.45) is 0. The Morgan fingerprint density at radius 3 is 1.55 bits per heavy atom. The highest BCUT2D eigenvalue weighted by Gasteiger charge is 2.39. The Hall–Kier alpha value is -2.31. The maximum Gasteiger partial charge on any atom is 0.473 e. The van der Waals surface area contributed by atoms with Gasteiger partial charge in [-0.2, -0.15) is 0 Å². The molecule has 0 fully saturated rings. The van der Waals surface area contributed by atoms with Crippen LogP contribution in [0, 0.1) is 0 Å². The largest absolute Gasteiger partial charge is 0.786 e. The highest BCUT2D eigenvalue weighted by molar-refractivity contribution is 6.71. The van der Waals surface area contributed by atoms with Crippen molar-refractivity contribution in [2.45, 2.75) is 37.5 Å². The zero-order chi connectivity index (χ0) is 20.5. The molecule has 0 unspecified atom stereocenters. The molecule has 0 amide bonds. The molecular weight excluding hydrogens is 369 g/mol. The van der Waals surface area contributed by atoms with E-state index in [2.05, 4.69) is 97.1 Å². The third-order valence-corrected chi connectivity index (χ3v) is 10.8. The molecule has 3 aromatic carbocycles. The van der Waals surface area contributed by atoms with Crippen LogP contribution in [-0.2, 0) is 16.9 Å². The van der Waals surface area contributed by atoms with Crippen LogP contribution in [0.2, 0.25) is 10.6 Å². The molecule has 2 nitrogen and oxygen atoms in total. The third kappa shape index (κ3) is 5.61. The summed E-state index contributed by atoms with van der Waals surface area (Å²) in [6.45, 7) is 10.6. The molecule has 0 aliphatic rings. The van der Waals surface area contributed by atoms with Gasteiger partial charge in [-0.3, -0.25) is 0 Å². The second-order valence-electron chi connectivity index (χ2n) is 7.69. The van der Waals surface area contributed by atoms with E-state index in [-0.39, 0.29) is 0 Å². The van der Waals surface area contributed by atoms with Crippen LogP contribution in [0.15, 0.2) is 97.6 Å². The second-order valence-corrected chi connectivity index (χ2v) is 12.5. The van der Waals surface area contributed by atoms with Gasteiger partial charge in [-0.05, 0) is 24.2 Å². The van der Waals surface area contributed by atoms with Gasteiger partial charge in [-0.15, -0.1) is 10.6 Å². The van der Waals surface area contributed by atoms with Crippen LogP contribution >= 0.6 is 0 Å². The number of benzene rings is 3. The highest BCUT2D eigenvalue weighted by atomic mass is 27.3. The molecule has 0 heterocycles. The van der Waals surface area contributed by atoms with Crippen molar-refractivity contribution in [3.05, 3.63) is 114 Å². The fourth-order valence-electron chi connectivity index (χ4n) is 4.03. The lowest BCUT2D eigenvalue weighted by Crippen LogP contribution is -2.54. The van der Waals surface area contributed by atoms with Crippen LogP contribution in [0.3, 0.4) is 0 Å². The van der Waals surface area contributed by atoms with E-state index < -0.39 is 13.6 Å². The molecule has 0 atom stereocenters. The number of hydrogen-bond acceptors (Lipinski definition) is 2. The Bertz CT molecular complexity index is 835. The van der Waals surface area contributed by atoms with Gasteiger partial charge in [0, 0.05) is 11.3 Å². The lowest BCUT2D eigenvalue weighted by molar-refractivity contribution is 0.311. The minimum absolute atomic E-state index is 0.797. The van der Waals surface area contributed by atoms with Gasteiger partial charge in [0.05, 0.1) is 0 Å². The minimum atomic E-state index is -2.61. The SMILES string of the molecule is C=C([O][Al-]([CH2]C)([CH2]C)[N](Cc1ccccc1)Cc1ccccc1)c1ccccc1. The van der Waals surface area contributed by atoms with Crippen molar-refractivity contribution in [2.75, 3.05) is 0 Å². The summed E-state index contributed by atoms with van der Waals surface area (Å²) in [6, 6.07) is 31.7. The van der Waals surface area contributed by atoms with Crippen LogP contribution < -0.4 is 0 Å². The summed E-state index contributed by atoms with van der Waals surface area (Å²) >= 11 is -2.61. The van der Waals surface area contributed by atoms with Gasteiger partial charge in [0.2, 0.25) is 0 Å². The first-order valence-electron chi connectivity index (χ1n) is 10.6. The molecule has 0 radical (unpaired) electrons. The molecular formula is C26H31AlNO-. The molecule has 150 valence electrons. The summed E-state index contributed by atoms with van der Waals surface area (Å²) in [4.78, 5) is 0. The smallest absolute Gasteiger partial charge is 0.473 e. The first-order chi connectivity index (χ1) is 14.2. The summed E-state index contributed by atoms with van der Waals surface area (Å²) in [5.41, 5.74) is 3.71. The molecule has 0 spiro atoms. The molecule has 29 heavy (non-hydrogen) atoms. The van der Waals surface area contributed by atoms with E-state index in [0.29, 0.717) is 0 Å². The zero-order valence-corrected chi connectivity index (χ0v) is 18.8. The van der Waals surface area contributed by atoms with E-state index >= 15 is 0 Å². The van der Waals surface area contributed by atoms with Crippen molar-refractivity contribution in [3.63, 3.8) is 0 Å². The van der Waals surface area contributed by atoms with Gasteiger partial charge in [0.1, 0.15) is 0 Å². The Labute approximate surface area is 178 Å². The third-order valence-electron chi connectivity index (χ3n) is 5.86. The fourth-order valence-corrected chi connectivity index (χ4v) is 7.87. The summed E-state index contributed by atoms with van der Waals surface area (Å²) in [5.74, 6) is 0.797. The lowest BCUT2D eigenvalue weighted by atomic mass is 10.2. The van der Waals surface area contributed by atoms with Crippen molar-refractivity contribution in [2.24, 2.45) is 0 Å². The van der Waals surface area contributed by atoms with Gasteiger partial charge in [0.15, 0.2) is 0 Å². The highest BCUT2D eigenvalue weighted by Crippen LogP contribution is 2.31. The minimum Gasteiger partial charge on any atom is -0.786 e. The standard InChI is InChI=1S/C14H14N.C8H8O.2C2H5.Al/c1-3-7-13(8-4-1)11-15-12-14-9-5-2-6-10-14;1-7(9)8-5-3-2-4-6-8;2*1-2;/h1-10H,11-12H2;2-6,9H,1H2;2*1H2,2H3;/q-1;;;;+1/p-1. The molecule has 0 saturated heterocycles. The van der Waals surface area contributed by atoms with E-state index in [1.807, 2.05) is 18.2 Å². The van der Waals surface area contributed by atoms with Crippen molar-refractivity contribution in [1.82, 2.24) is 3.88 Å². The van der Waals surface area contributed by atoms with Crippen LogP contribution in [0.25, 0.3) is 5.76 Å². The first kappa shape index (κ1) is 21.4. The summed E-state index contributed by atoms with van der Waals surface area (Å²) in [7, 11) is 0. The van der Waals surface area contributed by atoms with E-state index in [1.54, 1.807) is 0 Å².